The zero-order chi connectivity index (χ0) is 15.6. The van der Waals surface area contributed by atoms with Gasteiger partial charge in [-0.3, -0.25) is 9.36 Å². The second kappa shape index (κ2) is 6.32. The van der Waals surface area contributed by atoms with Gasteiger partial charge in [-0.25, -0.2) is 0 Å². The minimum Gasteiger partial charge on any atom is -0.308 e. The number of halogens is 1. The van der Waals surface area contributed by atoms with Gasteiger partial charge in [0.25, 0.3) is 0 Å². The largest absolute Gasteiger partial charge is 0.308 e. The molecule has 2 aromatic heterocycles. The Morgan fingerprint density at radius 3 is 2.62 bits per heavy atom. The van der Waals surface area contributed by atoms with Crippen LogP contribution in [0.4, 0.5) is 0 Å². The number of nitrogens with one attached hydrogen (secondary N) is 1. The highest BCUT2D eigenvalue weighted by Crippen LogP contribution is 2.22. The molecule has 2 heterocycles. The molecule has 0 amide bonds. The van der Waals surface area contributed by atoms with Crippen LogP contribution in [0.3, 0.4) is 0 Å². The van der Waals surface area contributed by atoms with Gasteiger partial charge in [0.05, 0.1) is 28.6 Å². The summed E-state index contributed by atoms with van der Waals surface area (Å²) in [5.41, 5.74) is 3.54. The molecule has 21 heavy (non-hydrogen) atoms. The second-order valence-corrected chi connectivity index (χ2v) is 7.13. The maximum absolute atomic E-state index is 4.52. The quantitative estimate of drug-likeness (QED) is 0.898. The van der Waals surface area contributed by atoms with E-state index in [1.807, 2.05) is 22.6 Å². The topological polar surface area (TPSA) is 47.7 Å². The molecule has 0 aliphatic carbocycles. The van der Waals surface area contributed by atoms with Crippen LogP contribution >= 0.6 is 15.9 Å². The molecule has 1 N–H and O–H groups in total. The molecule has 0 spiro atoms. The van der Waals surface area contributed by atoms with Gasteiger partial charge < -0.3 is 5.32 Å². The van der Waals surface area contributed by atoms with Crippen LogP contribution in [-0.2, 0) is 26.6 Å². The van der Waals surface area contributed by atoms with Crippen molar-refractivity contribution in [2.45, 2.75) is 52.7 Å². The van der Waals surface area contributed by atoms with Crippen LogP contribution < -0.4 is 5.32 Å². The Labute approximate surface area is 134 Å². The Kier molecular flexibility index (Phi) is 4.88. The van der Waals surface area contributed by atoms with Crippen molar-refractivity contribution >= 4 is 15.9 Å². The molecule has 0 aromatic carbocycles. The summed E-state index contributed by atoms with van der Waals surface area (Å²) in [6.07, 6.45) is 4.93. The number of rotatable bonds is 5. The van der Waals surface area contributed by atoms with Gasteiger partial charge in [0.2, 0.25) is 0 Å². The summed E-state index contributed by atoms with van der Waals surface area (Å²) >= 11 is 3.65. The van der Waals surface area contributed by atoms with E-state index in [1.165, 1.54) is 5.56 Å². The Hall–Kier alpha value is -1.14. The van der Waals surface area contributed by atoms with Gasteiger partial charge in [-0.1, -0.05) is 6.92 Å². The highest BCUT2D eigenvalue weighted by Gasteiger charge is 2.14. The molecule has 2 rings (SSSR count). The molecule has 0 bridgehead atoms. The predicted octanol–water partition coefficient (Wildman–Crippen LogP) is 2.88. The molecular formula is C15H24BrN5. The smallest absolute Gasteiger partial charge is 0.0839 e. The molecule has 6 heteroatoms. The summed E-state index contributed by atoms with van der Waals surface area (Å²) in [5.74, 6) is 0. The van der Waals surface area contributed by atoms with E-state index in [0.29, 0.717) is 0 Å². The standard InChI is InChI=1S/C15H24BrN5/c1-6-12-14(16)13(20(5)19-12)10-21-9-11(8-18-21)7-17-15(2,3)4/h8-9,17H,6-7,10H2,1-5H3. The van der Waals surface area contributed by atoms with Crippen molar-refractivity contribution in [3.05, 3.63) is 33.8 Å². The first-order chi connectivity index (χ1) is 9.80. The Bertz CT molecular complexity index is 606. The molecule has 0 saturated heterocycles. The third-order valence-corrected chi connectivity index (χ3v) is 4.24. The summed E-state index contributed by atoms with van der Waals surface area (Å²) in [6, 6.07) is 0. The van der Waals surface area contributed by atoms with E-state index in [4.69, 9.17) is 0 Å². The van der Waals surface area contributed by atoms with Crippen LogP contribution in [0.5, 0.6) is 0 Å². The average molecular weight is 354 g/mol. The van der Waals surface area contributed by atoms with Crippen LogP contribution in [0.2, 0.25) is 0 Å². The van der Waals surface area contributed by atoms with Gasteiger partial charge in [-0.05, 0) is 43.1 Å². The zero-order valence-corrected chi connectivity index (χ0v) is 15.0. The van der Waals surface area contributed by atoms with Crippen LogP contribution in [0.1, 0.15) is 44.6 Å². The molecule has 0 atom stereocenters. The normalized spacial score (nSPS) is 12.1. The molecule has 5 nitrogen and oxygen atoms in total. The molecule has 2 aromatic rings. The minimum atomic E-state index is 0.114. The van der Waals surface area contributed by atoms with E-state index in [9.17, 15) is 0 Å². The zero-order valence-electron chi connectivity index (χ0n) is 13.4. The van der Waals surface area contributed by atoms with Crippen LogP contribution in [-0.4, -0.2) is 25.1 Å². The maximum atomic E-state index is 4.52. The van der Waals surface area contributed by atoms with Gasteiger partial charge in [0.1, 0.15) is 0 Å². The molecule has 0 aliphatic rings. The lowest BCUT2D eigenvalue weighted by Gasteiger charge is -2.19. The first-order valence-corrected chi connectivity index (χ1v) is 8.06. The SMILES string of the molecule is CCc1nn(C)c(Cn2cc(CNC(C)(C)C)cn2)c1Br. The van der Waals surface area contributed by atoms with E-state index >= 15 is 0 Å². The molecule has 0 saturated carbocycles. The summed E-state index contributed by atoms with van der Waals surface area (Å²) < 4.78 is 4.98. The van der Waals surface area contributed by atoms with Crippen LogP contribution in [0, 0.1) is 0 Å². The lowest BCUT2D eigenvalue weighted by molar-refractivity contribution is 0.424. The maximum Gasteiger partial charge on any atom is 0.0839 e. The van der Waals surface area contributed by atoms with Crippen LogP contribution in [0.25, 0.3) is 0 Å². The van der Waals surface area contributed by atoms with Crippen molar-refractivity contribution in [3.8, 4) is 0 Å². The summed E-state index contributed by atoms with van der Waals surface area (Å²) in [5, 5.41) is 12.4. The Morgan fingerprint density at radius 1 is 1.33 bits per heavy atom. The fourth-order valence-corrected chi connectivity index (χ4v) is 2.84. The lowest BCUT2D eigenvalue weighted by Crippen LogP contribution is -2.34. The van der Waals surface area contributed by atoms with Gasteiger partial charge in [0.15, 0.2) is 0 Å². The van der Waals surface area contributed by atoms with Gasteiger partial charge in [-0.2, -0.15) is 10.2 Å². The van der Waals surface area contributed by atoms with E-state index < -0.39 is 0 Å². The predicted molar refractivity (Wildman–Crippen MR) is 88.2 cm³/mol. The van der Waals surface area contributed by atoms with Crippen molar-refractivity contribution in [1.82, 2.24) is 24.9 Å². The highest BCUT2D eigenvalue weighted by molar-refractivity contribution is 9.10. The van der Waals surface area contributed by atoms with Crippen molar-refractivity contribution in [2.24, 2.45) is 7.05 Å². The third kappa shape index (κ3) is 4.17. The Morgan fingerprint density at radius 2 is 2.05 bits per heavy atom. The second-order valence-electron chi connectivity index (χ2n) is 6.33. The van der Waals surface area contributed by atoms with Gasteiger partial charge in [-0.15, -0.1) is 0 Å². The molecule has 116 valence electrons. The third-order valence-electron chi connectivity index (χ3n) is 3.32. The first-order valence-electron chi connectivity index (χ1n) is 7.26. The first kappa shape index (κ1) is 16.2. The fourth-order valence-electron chi connectivity index (χ4n) is 2.10. The molecule has 0 fully saturated rings. The molecular weight excluding hydrogens is 330 g/mol. The van der Waals surface area contributed by atoms with E-state index in [1.54, 1.807) is 0 Å². The van der Waals surface area contributed by atoms with Crippen molar-refractivity contribution in [1.29, 1.82) is 0 Å². The van der Waals surface area contributed by atoms with Gasteiger partial charge in [0, 0.05) is 30.9 Å². The van der Waals surface area contributed by atoms with E-state index in [0.717, 1.165) is 35.4 Å². The van der Waals surface area contributed by atoms with E-state index in [2.05, 4.69) is 65.3 Å². The number of aromatic nitrogens is 4. The summed E-state index contributed by atoms with van der Waals surface area (Å²) in [4.78, 5) is 0. The highest BCUT2D eigenvalue weighted by atomic mass is 79.9. The molecule has 0 unspecified atom stereocenters. The number of hydrogen-bond donors (Lipinski definition) is 1. The molecule has 0 radical (unpaired) electrons. The number of aryl methyl sites for hydroxylation is 2. The lowest BCUT2D eigenvalue weighted by atomic mass is 10.1. The summed E-state index contributed by atoms with van der Waals surface area (Å²) in [7, 11) is 1.98. The minimum absolute atomic E-state index is 0.114. The van der Waals surface area contributed by atoms with Crippen LogP contribution in [0.15, 0.2) is 16.9 Å². The Balaban J connectivity index is 2.08. The van der Waals surface area contributed by atoms with E-state index in [-0.39, 0.29) is 5.54 Å². The summed E-state index contributed by atoms with van der Waals surface area (Å²) in [6.45, 7) is 10.2. The average Bonchev–Trinajstić information content (AvgIpc) is 2.95. The number of nitrogens with zero attached hydrogens (tertiary/aromatic N) is 4. The monoisotopic (exact) mass is 353 g/mol. The fraction of sp³-hybridized carbons (Fsp3) is 0.600. The van der Waals surface area contributed by atoms with Crippen molar-refractivity contribution in [2.75, 3.05) is 0 Å². The van der Waals surface area contributed by atoms with Crippen molar-refractivity contribution in [3.63, 3.8) is 0 Å². The van der Waals surface area contributed by atoms with Gasteiger partial charge >= 0.3 is 0 Å². The molecule has 0 aliphatic heterocycles. The number of hydrogen-bond acceptors (Lipinski definition) is 3. The van der Waals surface area contributed by atoms with Crippen molar-refractivity contribution < 1.29 is 0 Å².